The highest BCUT2D eigenvalue weighted by atomic mass is 33.1. The number of carboxylic acids is 1. The van der Waals surface area contributed by atoms with Crippen LogP contribution in [-0.2, 0) is 66.7 Å². The van der Waals surface area contributed by atoms with Gasteiger partial charge >= 0.3 is 29.8 Å². The van der Waals surface area contributed by atoms with Crippen molar-refractivity contribution < 1.29 is 87.1 Å². The van der Waals surface area contributed by atoms with Crippen molar-refractivity contribution in [1.29, 1.82) is 0 Å². The van der Waals surface area contributed by atoms with Gasteiger partial charge in [0.2, 0.25) is 5.91 Å². The molecule has 21 nitrogen and oxygen atoms in total. The zero-order valence-corrected chi connectivity index (χ0v) is 49.1. The van der Waals surface area contributed by atoms with Gasteiger partial charge in [0.25, 0.3) is 0 Å². The second-order valence-electron chi connectivity index (χ2n) is 21.6. The minimum Gasteiger partial charge on any atom is -0.481 e. The Kier molecular flexibility index (Phi) is 31.2. The van der Waals surface area contributed by atoms with Crippen LogP contribution in [0.1, 0.15) is 114 Å². The molecule has 4 unspecified atom stereocenters. The Balaban J connectivity index is 2.23. The molecule has 0 radical (unpaired) electrons. The zero-order chi connectivity index (χ0) is 57.9. The van der Waals surface area contributed by atoms with E-state index in [2.05, 4.69) is 10.3 Å². The van der Waals surface area contributed by atoms with Crippen LogP contribution in [-0.4, -0.2) is 196 Å². The number of unbranched alkanes of at least 4 members (excludes halogenated alkanes) is 1. The summed E-state index contributed by atoms with van der Waals surface area (Å²) in [5, 5.41) is 43.6. The van der Waals surface area contributed by atoms with Crippen LogP contribution >= 0.6 is 21.6 Å². The third-order valence-electron chi connectivity index (χ3n) is 13.8. The fraction of sp³-hybridized carbons (Fsp3) is 0.792. The first-order valence-corrected chi connectivity index (χ1v) is 29.0. The molecule has 440 valence electrons. The number of aliphatic carboxylic acids is 1. The highest BCUT2D eigenvalue weighted by molar-refractivity contribution is 8.76. The molecule has 1 aliphatic rings. The molecule has 24 heteroatoms. The standard InChI is InChI=1S/C53H90BN3O18S2/c1-12-15-22-71-46(65)50(7,35-53(19-13-2,44(62)63)33-49(5,6)45(64)74-30-31-76-77-39-18-16-17-20-55-39)34-51(8,47(66)72-23-21-57(10)11)36-54-52(9,14-3)48(67)73-29-27-69-25-24-68-26-28-70-43-40(56-37(4)59)42(61)41(60)38(32-58)75-43/h16-18,20,38,40-43,54,58,60-61H,12-15,19,21-36H2,1-11H3,(H,56,59)(H,62,63)/t38-,40-,41+,42-,43-,50?,51?,52?,53?/m1/s1. The minimum atomic E-state index is -1.65. The van der Waals surface area contributed by atoms with Crippen molar-refractivity contribution in [2.45, 2.75) is 161 Å². The summed E-state index contributed by atoms with van der Waals surface area (Å²) in [6.45, 7) is 15.5. The SMILES string of the molecule is CCCCOC(=O)C(C)(CC(C)(CBC(C)(CC)C(=O)OCCOCCOCCO[C@@H]1O[C@H](CO)[C@H](O)[C@H](O)[C@H]1NC(C)=O)C(=O)OCCN(C)C)CC(CCC)(CC(C)(C)C(=O)OCCSSc1ccccn1)C(=O)O. The molecule has 5 N–H and O–H groups in total. The number of esters is 4. The number of carboxylic acid groups (broad SMARTS) is 1. The lowest BCUT2D eigenvalue weighted by atomic mass is 9.45. The van der Waals surface area contributed by atoms with Gasteiger partial charge in [0.15, 0.2) is 6.29 Å². The number of aromatic nitrogens is 1. The van der Waals surface area contributed by atoms with Crippen LogP contribution in [0, 0.1) is 21.7 Å². The molecule has 1 saturated heterocycles. The van der Waals surface area contributed by atoms with Gasteiger partial charge in [0, 0.05) is 30.7 Å². The summed E-state index contributed by atoms with van der Waals surface area (Å²) in [5.74, 6) is -3.61. The van der Waals surface area contributed by atoms with Crippen LogP contribution in [0.25, 0.3) is 0 Å². The number of nitrogens with one attached hydrogen (secondary N) is 1. The number of amides is 1. The summed E-state index contributed by atoms with van der Waals surface area (Å²) in [5.41, 5.74) is -6.00. The Hall–Kier alpha value is -3.59. The van der Waals surface area contributed by atoms with Crippen LogP contribution in [0.5, 0.6) is 0 Å². The van der Waals surface area contributed by atoms with E-state index < -0.39 is 100.0 Å². The minimum absolute atomic E-state index is 0.0171. The second-order valence-corrected chi connectivity index (χ2v) is 24.0. The van der Waals surface area contributed by atoms with Gasteiger partial charge in [-0.3, -0.25) is 28.8 Å². The van der Waals surface area contributed by atoms with E-state index in [1.807, 2.05) is 58.0 Å². The van der Waals surface area contributed by atoms with E-state index in [-0.39, 0.29) is 98.7 Å². The summed E-state index contributed by atoms with van der Waals surface area (Å²) in [6.07, 6.45) is -1.93. The normalized spacial score (nSPS) is 20.8. The molecule has 2 heterocycles. The van der Waals surface area contributed by atoms with Gasteiger partial charge in [0.1, 0.15) is 56.5 Å². The van der Waals surface area contributed by atoms with Crippen LogP contribution in [0.2, 0.25) is 11.6 Å². The highest BCUT2D eigenvalue weighted by Gasteiger charge is 2.55. The number of pyridine rings is 1. The lowest BCUT2D eigenvalue weighted by Gasteiger charge is -2.44. The first-order chi connectivity index (χ1) is 36.3. The van der Waals surface area contributed by atoms with Gasteiger partial charge < -0.3 is 68.5 Å². The number of ether oxygens (including phenoxy) is 8. The maximum Gasteiger partial charge on any atom is 0.311 e. The monoisotopic (exact) mass is 1130 g/mol. The number of aliphatic hydroxyl groups is 3. The van der Waals surface area contributed by atoms with E-state index in [4.69, 9.17) is 37.9 Å². The smallest absolute Gasteiger partial charge is 0.311 e. The largest absolute Gasteiger partial charge is 0.481 e. The molecular weight excluding hydrogens is 1040 g/mol. The molecule has 1 aromatic heterocycles. The molecule has 77 heavy (non-hydrogen) atoms. The van der Waals surface area contributed by atoms with E-state index >= 15 is 0 Å². The van der Waals surface area contributed by atoms with Gasteiger partial charge in [-0.2, -0.15) is 0 Å². The van der Waals surface area contributed by atoms with Gasteiger partial charge in [-0.15, -0.1) is 0 Å². The van der Waals surface area contributed by atoms with E-state index in [0.29, 0.717) is 31.6 Å². The average molecular weight is 1130 g/mol. The number of nitrogens with zero attached hydrogens (tertiary/aromatic N) is 2. The number of rotatable bonds is 40. The van der Waals surface area contributed by atoms with Crippen molar-refractivity contribution in [3.05, 3.63) is 24.4 Å². The molecular formula is C53H90BN3O18S2. The summed E-state index contributed by atoms with van der Waals surface area (Å²) in [4.78, 5) is 88.3. The van der Waals surface area contributed by atoms with Gasteiger partial charge in [0.05, 0.1) is 67.9 Å². The lowest BCUT2D eigenvalue weighted by molar-refractivity contribution is -0.272. The predicted molar refractivity (Wildman–Crippen MR) is 292 cm³/mol. The number of carbonyl (C=O) groups excluding carboxylic acids is 5. The summed E-state index contributed by atoms with van der Waals surface area (Å²) in [7, 11) is 6.72. The quantitative estimate of drug-likeness (QED) is 0.0193. The molecule has 1 aromatic rings. The van der Waals surface area contributed by atoms with Crippen molar-refractivity contribution >= 4 is 64.6 Å². The fourth-order valence-corrected chi connectivity index (χ4v) is 11.0. The van der Waals surface area contributed by atoms with Crippen molar-refractivity contribution in [2.24, 2.45) is 21.7 Å². The second kappa shape index (κ2) is 34.5. The molecule has 0 aliphatic carbocycles. The van der Waals surface area contributed by atoms with Gasteiger partial charge in [-0.25, -0.2) is 4.98 Å². The lowest BCUT2D eigenvalue weighted by Crippen LogP contribution is -2.64. The molecule has 0 bridgehead atoms. The Labute approximate surface area is 464 Å². The molecule has 0 spiro atoms. The molecule has 0 saturated carbocycles. The van der Waals surface area contributed by atoms with E-state index in [1.165, 1.54) is 28.5 Å². The number of hydrogen-bond donors (Lipinski definition) is 5. The van der Waals surface area contributed by atoms with Crippen LogP contribution in [0.3, 0.4) is 0 Å². The predicted octanol–water partition coefficient (Wildman–Crippen LogP) is 4.87. The van der Waals surface area contributed by atoms with Crippen LogP contribution in [0.15, 0.2) is 29.4 Å². The summed E-state index contributed by atoms with van der Waals surface area (Å²) < 4.78 is 45.6. The van der Waals surface area contributed by atoms with Crippen molar-refractivity contribution in [1.82, 2.24) is 15.2 Å². The molecule has 2 rings (SSSR count). The number of carbonyl (C=O) groups is 6. The number of aliphatic hydroxyl groups excluding tert-OH is 3. The van der Waals surface area contributed by atoms with E-state index in [0.717, 1.165) is 11.4 Å². The fourth-order valence-electron chi connectivity index (χ4n) is 9.31. The Morgan fingerprint density at radius 1 is 0.766 bits per heavy atom. The average Bonchev–Trinajstić information content (AvgIpc) is 3.37. The Morgan fingerprint density at radius 2 is 1.39 bits per heavy atom. The van der Waals surface area contributed by atoms with Gasteiger partial charge in [-0.1, -0.05) is 63.7 Å². The zero-order valence-electron chi connectivity index (χ0n) is 47.5. The third-order valence-corrected chi connectivity index (χ3v) is 16.0. The van der Waals surface area contributed by atoms with Gasteiger partial charge in [-0.05, 0) is 103 Å². The maximum absolute atomic E-state index is 14.6. The Bertz CT molecular complexity index is 1960. The topological polar surface area (TPSA) is 285 Å². The van der Waals surface area contributed by atoms with Crippen molar-refractivity contribution in [3.8, 4) is 0 Å². The van der Waals surface area contributed by atoms with E-state index in [1.54, 1.807) is 40.8 Å². The van der Waals surface area contributed by atoms with E-state index in [9.17, 15) is 49.2 Å². The highest BCUT2D eigenvalue weighted by Crippen LogP contribution is 2.52. The summed E-state index contributed by atoms with van der Waals surface area (Å²) in [6, 6.07) is 4.50. The summed E-state index contributed by atoms with van der Waals surface area (Å²) >= 11 is 0. The van der Waals surface area contributed by atoms with Crippen molar-refractivity contribution in [3.63, 3.8) is 0 Å². The number of likely N-dealkylation sites (N-methyl/N-ethyl adjacent to an activating group) is 1. The number of hydrogen-bond acceptors (Lipinski definition) is 21. The molecule has 0 aromatic carbocycles. The molecule has 1 aliphatic heterocycles. The first kappa shape index (κ1) is 69.5. The third kappa shape index (κ3) is 23.2. The Morgan fingerprint density at radius 3 is 1.97 bits per heavy atom. The molecule has 1 amide bonds. The maximum atomic E-state index is 14.6. The van der Waals surface area contributed by atoms with Crippen LogP contribution < -0.4 is 5.32 Å². The molecule has 9 atom stereocenters. The van der Waals surface area contributed by atoms with Crippen LogP contribution in [0.4, 0.5) is 0 Å². The molecule has 1 fully saturated rings. The first-order valence-electron chi connectivity index (χ1n) is 26.7. The van der Waals surface area contributed by atoms with Crippen molar-refractivity contribution in [2.75, 3.05) is 92.5 Å².